The Kier molecular flexibility index (Phi) is 4.99. The first-order valence-electron chi connectivity index (χ1n) is 5.51. The molecular formula is C13H11BrClNO2S. The van der Waals surface area contributed by atoms with Gasteiger partial charge in [-0.3, -0.25) is 4.79 Å². The number of thiophene rings is 1. The topological polar surface area (TPSA) is 49.3 Å². The molecule has 2 N–H and O–H groups in total. The SMILES string of the molecule is O=C(NCC(O)c1ccsc1)c1ccc(Cl)cc1Br. The highest BCUT2D eigenvalue weighted by atomic mass is 79.9. The van der Waals surface area contributed by atoms with Crippen LogP contribution in [-0.4, -0.2) is 17.6 Å². The van der Waals surface area contributed by atoms with E-state index in [2.05, 4.69) is 21.2 Å². The number of halogens is 2. The third kappa shape index (κ3) is 3.79. The molecule has 0 saturated heterocycles. The van der Waals surface area contributed by atoms with Gasteiger partial charge in [-0.2, -0.15) is 11.3 Å². The second-order valence-corrected chi connectivity index (χ2v) is 5.98. The van der Waals surface area contributed by atoms with Gasteiger partial charge in [0.2, 0.25) is 0 Å². The molecule has 0 radical (unpaired) electrons. The molecule has 0 saturated carbocycles. The Hall–Kier alpha value is -0.880. The van der Waals surface area contributed by atoms with Gasteiger partial charge < -0.3 is 10.4 Å². The minimum Gasteiger partial charge on any atom is -0.387 e. The first-order valence-corrected chi connectivity index (χ1v) is 7.62. The lowest BCUT2D eigenvalue weighted by molar-refractivity contribution is 0.0916. The van der Waals surface area contributed by atoms with Crippen LogP contribution in [0, 0.1) is 0 Å². The van der Waals surface area contributed by atoms with Crippen molar-refractivity contribution >= 4 is 44.8 Å². The van der Waals surface area contributed by atoms with E-state index in [0.29, 0.717) is 15.1 Å². The van der Waals surface area contributed by atoms with E-state index >= 15 is 0 Å². The molecule has 0 bridgehead atoms. The maximum atomic E-state index is 12.0. The molecule has 1 unspecified atom stereocenters. The van der Waals surface area contributed by atoms with Gasteiger partial charge in [-0.05, 0) is 56.5 Å². The maximum absolute atomic E-state index is 12.0. The number of amides is 1. The standard InChI is InChI=1S/C13H11BrClNO2S/c14-11-5-9(15)1-2-10(11)13(18)16-6-12(17)8-3-4-19-7-8/h1-5,7,12,17H,6H2,(H,16,18). The third-order valence-electron chi connectivity index (χ3n) is 2.56. The summed E-state index contributed by atoms with van der Waals surface area (Å²) in [5.74, 6) is -0.252. The maximum Gasteiger partial charge on any atom is 0.252 e. The monoisotopic (exact) mass is 359 g/mol. The summed E-state index contributed by atoms with van der Waals surface area (Å²) in [7, 11) is 0. The van der Waals surface area contributed by atoms with Gasteiger partial charge in [0.25, 0.3) is 5.91 Å². The molecule has 0 spiro atoms. The first-order chi connectivity index (χ1) is 9.08. The van der Waals surface area contributed by atoms with Crippen molar-refractivity contribution in [3.8, 4) is 0 Å². The Morgan fingerprint density at radius 2 is 2.26 bits per heavy atom. The van der Waals surface area contributed by atoms with Crippen LogP contribution in [0.1, 0.15) is 22.0 Å². The van der Waals surface area contributed by atoms with Crippen LogP contribution in [0.4, 0.5) is 0 Å². The van der Waals surface area contributed by atoms with Crippen molar-refractivity contribution in [2.75, 3.05) is 6.54 Å². The lowest BCUT2D eigenvalue weighted by Gasteiger charge is -2.11. The zero-order chi connectivity index (χ0) is 13.8. The fourth-order valence-electron chi connectivity index (χ4n) is 1.54. The summed E-state index contributed by atoms with van der Waals surface area (Å²) in [4.78, 5) is 12.0. The van der Waals surface area contributed by atoms with Gasteiger partial charge in [0, 0.05) is 16.0 Å². The van der Waals surface area contributed by atoms with Gasteiger partial charge in [0.1, 0.15) is 0 Å². The molecule has 0 aliphatic heterocycles. The Labute approximate surface area is 128 Å². The molecule has 1 heterocycles. The average molecular weight is 361 g/mol. The molecule has 1 aromatic carbocycles. The van der Waals surface area contributed by atoms with Crippen molar-refractivity contribution < 1.29 is 9.90 Å². The number of nitrogens with one attached hydrogen (secondary N) is 1. The van der Waals surface area contributed by atoms with Gasteiger partial charge in [-0.15, -0.1) is 0 Å². The molecule has 1 aromatic heterocycles. The molecule has 2 rings (SSSR count). The summed E-state index contributed by atoms with van der Waals surface area (Å²) in [5.41, 5.74) is 1.29. The highest BCUT2D eigenvalue weighted by Crippen LogP contribution is 2.22. The summed E-state index contributed by atoms with van der Waals surface area (Å²) >= 11 is 10.6. The molecule has 2 aromatic rings. The number of carbonyl (C=O) groups is 1. The van der Waals surface area contributed by atoms with E-state index in [9.17, 15) is 9.90 Å². The Morgan fingerprint density at radius 1 is 1.47 bits per heavy atom. The number of carbonyl (C=O) groups excluding carboxylic acids is 1. The van der Waals surface area contributed by atoms with Crippen LogP contribution in [0.25, 0.3) is 0 Å². The molecule has 1 amide bonds. The second kappa shape index (κ2) is 6.52. The fourth-order valence-corrected chi connectivity index (χ4v) is 3.11. The number of hydrogen-bond donors (Lipinski definition) is 2. The molecule has 100 valence electrons. The van der Waals surface area contributed by atoms with E-state index in [4.69, 9.17) is 11.6 Å². The molecular weight excluding hydrogens is 350 g/mol. The number of hydrogen-bond acceptors (Lipinski definition) is 3. The molecule has 6 heteroatoms. The Bertz CT molecular complexity index is 574. The number of aliphatic hydroxyl groups is 1. The second-order valence-electron chi connectivity index (χ2n) is 3.91. The number of benzene rings is 1. The fraction of sp³-hybridized carbons (Fsp3) is 0.154. The van der Waals surface area contributed by atoms with E-state index in [1.165, 1.54) is 11.3 Å². The van der Waals surface area contributed by atoms with E-state index in [-0.39, 0.29) is 12.5 Å². The van der Waals surface area contributed by atoms with Crippen LogP contribution in [0.3, 0.4) is 0 Å². The van der Waals surface area contributed by atoms with Crippen molar-refractivity contribution in [1.29, 1.82) is 0 Å². The van der Waals surface area contributed by atoms with Crippen molar-refractivity contribution in [3.05, 3.63) is 55.6 Å². The van der Waals surface area contributed by atoms with E-state index in [0.717, 1.165) is 5.56 Å². The van der Waals surface area contributed by atoms with Crippen molar-refractivity contribution in [1.82, 2.24) is 5.32 Å². The predicted molar refractivity (Wildman–Crippen MR) is 80.8 cm³/mol. The highest BCUT2D eigenvalue weighted by molar-refractivity contribution is 9.10. The molecule has 0 aliphatic carbocycles. The Balaban J connectivity index is 1.98. The summed E-state index contributed by atoms with van der Waals surface area (Å²) in [5, 5.41) is 16.9. The van der Waals surface area contributed by atoms with Crippen LogP contribution in [0.5, 0.6) is 0 Å². The molecule has 0 fully saturated rings. The minimum absolute atomic E-state index is 0.171. The summed E-state index contributed by atoms with van der Waals surface area (Å²) in [6.45, 7) is 0.171. The van der Waals surface area contributed by atoms with Crippen molar-refractivity contribution in [2.24, 2.45) is 0 Å². The molecule has 0 aliphatic rings. The third-order valence-corrected chi connectivity index (χ3v) is 4.15. The van der Waals surface area contributed by atoms with Gasteiger partial charge >= 0.3 is 0 Å². The zero-order valence-corrected chi connectivity index (χ0v) is 12.9. The lowest BCUT2D eigenvalue weighted by atomic mass is 10.2. The molecule has 3 nitrogen and oxygen atoms in total. The van der Waals surface area contributed by atoms with Crippen LogP contribution in [0.2, 0.25) is 5.02 Å². The van der Waals surface area contributed by atoms with Gasteiger partial charge in [0.05, 0.1) is 11.7 Å². The summed E-state index contributed by atoms with van der Waals surface area (Å²) in [6.07, 6.45) is -0.693. The minimum atomic E-state index is -0.693. The average Bonchev–Trinajstić information content (AvgIpc) is 2.89. The smallest absolute Gasteiger partial charge is 0.252 e. The van der Waals surface area contributed by atoms with Crippen molar-refractivity contribution in [2.45, 2.75) is 6.10 Å². The lowest BCUT2D eigenvalue weighted by Crippen LogP contribution is -2.28. The quantitative estimate of drug-likeness (QED) is 0.875. The van der Waals surface area contributed by atoms with E-state index in [1.807, 2.05) is 16.8 Å². The normalized spacial score (nSPS) is 12.2. The predicted octanol–water partition coefficient (Wildman–Crippen LogP) is 3.63. The van der Waals surface area contributed by atoms with E-state index < -0.39 is 6.10 Å². The first kappa shape index (κ1) is 14.5. The largest absolute Gasteiger partial charge is 0.387 e. The van der Waals surface area contributed by atoms with Crippen molar-refractivity contribution in [3.63, 3.8) is 0 Å². The Morgan fingerprint density at radius 3 is 2.89 bits per heavy atom. The van der Waals surface area contributed by atoms with Crippen LogP contribution in [-0.2, 0) is 0 Å². The van der Waals surface area contributed by atoms with Crippen LogP contribution >= 0.6 is 38.9 Å². The summed E-state index contributed by atoms with van der Waals surface area (Å²) < 4.78 is 0.627. The van der Waals surface area contributed by atoms with Gasteiger partial charge in [-0.25, -0.2) is 0 Å². The van der Waals surface area contributed by atoms with Gasteiger partial charge in [-0.1, -0.05) is 11.6 Å². The highest BCUT2D eigenvalue weighted by Gasteiger charge is 2.13. The van der Waals surface area contributed by atoms with Gasteiger partial charge in [0.15, 0.2) is 0 Å². The number of rotatable bonds is 4. The molecule has 1 atom stereocenters. The zero-order valence-electron chi connectivity index (χ0n) is 9.77. The van der Waals surface area contributed by atoms with Crippen LogP contribution in [0.15, 0.2) is 39.5 Å². The molecule has 19 heavy (non-hydrogen) atoms. The van der Waals surface area contributed by atoms with Crippen LogP contribution < -0.4 is 5.32 Å². The van der Waals surface area contributed by atoms with E-state index in [1.54, 1.807) is 18.2 Å². The summed E-state index contributed by atoms with van der Waals surface area (Å²) in [6, 6.07) is 6.78. The number of aliphatic hydroxyl groups excluding tert-OH is 1.